The first kappa shape index (κ1) is 20.2. The van der Waals surface area contributed by atoms with Crippen LogP contribution < -0.4 is 4.90 Å². The minimum Gasteiger partial charge on any atom is -0.507 e. The highest BCUT2D eigenvalue weighted by atomic mass is 35.5. The smallest absolute Gasteiger partial charge is 0.301 e. The second kappa shape index (κ2) is 8.00. The Morgan fingerprint density at radius 2 is 1.71 bits per heavy atom. The second-order valence-corrected chi connectivity index (χ2v) is 7.15. The number of aliphatic hydroxyl groups is 1. The molecule has 0 radical (unpaired) electrons. The molecule has 3 aromatic rings. The first-order valence-electron chi connectivity index (χ1n) is 9.11. The highest BCUT2D eigenvalue weighted by molar-refractivity contribution is 6.51. The summed E-state index contributed by atoms with van der Waals surface area (Å²) in [6.07, 6.45) is 1.47. The van der Waals surface area contributed by atoms with E-state index < -0.39 is 22.7 Å². The highest BCUT2D eigenvalue weighted by Gasteiger charge is 2.47. The van der Waals surface area contributed by atoms with Crippen molar-refractivity contribution >= 4 is 40.6 Å². The number of rotatable bonds is 4. The molecule has 4 rings (SSSR count). The SMILES string of the molecule is O=C1C(=O)N(c2ccccn2)C(c2ccc([N+](=O)[O-])cc2)C1=C(O)c1ccc(Cl)cc1. The van der Waals surface area contributed by atoms with Crippen molar-refractivity contribution in [2.45, 2.75) is 6.04 Å². The van der Waals surface area contributed by atoms with Crippen LogP contribution in [0.2, 0.25) is 5.02 Å². The molecular weight excluding hydrogens is 422 g/mol. The number of anilines is 1. The number of nitrogens with zero attached hydrogens (tertiary/aromatic N) is 3. The minimum absolute atomic E-state index is 0.142. The molecule has 1 unspecified atom stereocenters. The van der Waals surface area contributed by atoms with E-state index in [0.717, 1.165) is 0 Å². The Balaban J connectivity index is 1.92. The number of hydrogen-bond donors (Lipinski definition) is 1. The van der Waals surface area contributed by atoms with E-state index in [1.165, 1.54) is 47.5 Å². The van der Waals surface area contributed by atoms with Crippen molar-refractivity contribution in [1.82, 2.24) is 4.98 Å². The van der Waals surface area contributed by atoms with Crippen LogP contribution in [0.25, 0.3) is 5.76 Å². The number of benzene rings is 2. The number of nitro groups is 1. The molecule has 1 aliphatic rings. The number of non-ortho nitro benzene ring substituents is 1. The normalized spacial score (nSPS) is 17.7. The molecule has 1 fully saturated rings. The van der Waals surface area contributed by atoms with Gasteiger partial charge in [0.2, 0.25) is 0 Å². The van der Waals surface area contributed by atoms with Gasteiger partial charge in [-0.3, -0.25) is 24.6 Å². The average molecular weight is 436 g/mol. The van der Waals surface area contributed by atoms with Gasteiger partial charge >= 0.3 is 5.91 Å². The largest absolute Gasteiger partial charge is 0.507 e. The summed E-state index contributed by atoms with van der Waals surface area (Å²) in [5, 5.41) is 22.4. The van der Waals surface area contributed by atoms with Crippen molar-refractivity contribution in [3.8, 4) is 0 Å². The van der Waals surface area contributed by atoms with Gasteiger partial charge in [0.1, 0.15) is 11.6 Å². The highest BCUT2D eigenvalue weighted by Crippen LogP contribution is 2.41. The maximum absolute atomic E-state index is 13.0. The van der Waals surface area contributed by atoms with Gasteiger partial charge in [0.05, 0.1) is 16.5 Å². The van der Waals surface area contributed by atoms with Crippen molar-refractivity contribution in [3.05, 3.63) is 105 Å². The quantitative estimate of drug-likeness (QED) is 0.215. The Hall–Kier alpha value is -4.04. The van der Waals surface area contributed by atoms with E-state index in [9.17, 15) is 24.8 Å². The molecule has 154 valence electrons. The molecule has 31 heavy (non-hydrogen) atoms. The third-order valence-electron chi connectivity index (χ3n) is 4.88. The summed E-state index contributed by atoms with van der Waals surface area (Å²) in [5.41, 5.74) is 0.421. The number of Topliss-reactive ketones (excluding diaryl/α,β-unsaturated/α-hetero) is 1. The number of hydrogen-bond acceptors (Lipinski definition) is 6. The third kappa shape index (κ3) is 3.64. The maximum atomic E-state index is 13.0. The van der Waals surface area contributed by atoms with Gasteiger partial charge in [-0.25, -0.2) is 4.98 Å². The van der Waals surface area contributed by atoms with Crippen LogP contribution in [-0.2, 0) is 9.59 Å². The predicted octanol–water partition coefficient (Wildman–Crippen LogP) is 4.27. The number of nitro benzene ring substituents is 1. The van der Waals surface area contributed by atoms with Crippen molar-refractivity contribution in [2.24, 2.45) is 0 Å². The predicted molar refractivity (Wildman–Crippen MR) is 114 cm³/mol. The lowest BCUT2D eigenvalue weighted by atomic mass is 9.95. The summed E-state index contributed by atoms with van der Waals surface area (Å²) >= 11 is 5.91. The minimum atomic E-state index is -1.02. The molecule has 0 bridgehead atoms. The van der Waals surface area contributed by atoms with Gasteiger partial charge in [0, 0.05) is 28.9 Å². The Morgan fingerprint density at radius 1 is 1.03 bits per heavy atom. The Labute approximate surface area is 181 Å². The zero-order valence-corrected chi connectivity index (χ0v) is 16.6. The molecule has 2 heterocycles. The van der Waals surface area contributed by atoms with E-state index in [4.69, 9.17) is 11.6 Å². The lowest BCUT2D eigenvalue weighted by molar-refractivity contribution is -0.384. The topological polar surface area (TPSA) is 114 Å². The number of carbonyl (C=O) groups excluding carboxylic acids is 2. The van der Waals surface area contributed by atoms with E-state index in [0.29, 0.717) is 16.1 Å². The summed E-state index contributed by atoms with van der Waals surface area (Å²) in [5.74, 6) is -1.92. The molecule has 9 heteroatoms. The van der Waals surface area contributed by atoms with Crippen molar-refractivity contribution in [2.75, 3.05) is 4.90 Å². The number of aromatic nitrogens is 1. The third-order valence-corrected chi connectivity index (χ3v) is 5.13. The molecule has 1 aromatic heterocycles. The first-order valence-corrected chi connectivity index (χ1v) is 9.48. The Kier molecular flexibility index (Phi) is 5.22. The molecule has 0 spiro atoms. The van der Waals surface area contributed by atoms with Crippen molar-refractivity contribution < 1.29 is 19.6 Å². The molecule has 1 aliphatic heterocycles. The van der Waals surface area contributed by atoms with Crippen LogP contribution in [0.4, 0.5) is 11.5 Å². The van der Waals surface area contributed by atoms with E-state index in [2.05, 4.69) is 4.98 Å². The van der Waals surface area contributed by atoms with Gasteiger partial charge in [-0.2, -0.15) is 0 Å². The number of pyridine rings is 1. The van der Waals surface area contributed by atoms with Crippen LogP contribution in [0.5, 0.6) is 0 Å². The van der Waals surface area contributed by atoms with E-state index in [1.54, 1.807) is 30.3 Å². The zero-order chi connectivity index (χ0) is 22.1. The van der Waals surface area contributed by atoms with Gasteiger partial charge in [-0.05, 0) is 54.1 Å². The van der Waals surface area contributed by atoms with Crippen LogP contribution in [0.15, 0.2) is 78.5 Å². The lowest BCUT2D eigenvalue weighted by Gasteiger charge is -2.24. The van der Waals surface area contributed by atoms with Gasteiger partial charge in [-0.1, -0.05) is 17.7 Å². The molecule has 1 saturated heterocycles. The first-order chi connectivity index (χ1) is 14.9. The van der Waals surface area contributed by atoms with Crippen LogP contribution in [0, 0.1) is 10.1 Å². The Morgan fingerprint density at radius 3 is 2.29 bits per heavy atom. The molecule has 8 nitrogen and oxygen atoms in total. The number of halogens is 1. The number of ketones is 1. The average Bonchev–Trinajstić information content (AvgIpc) is 3.05. The molecular formula is C22H14ClN3O5. The Bertz CT molecular complexity index is 1210. The van der Waals surface area contributed by atoms with Crippen molar-refractivity contribution in [3.63, 3.8) is 0 Å². The standard InChI is InChI=1S/C22H14ClN3O5/c23-15-8-4-14(5-9-15)20(27)18-19(13-6-10-16(11-7-13)26(30)31)25(22(29)21(18)28)17-3-1-2-12-24-17/h1-12,19,27H. The van der Waals surface area contributed by atoms with Crippen LogP contribution in [-0.4, -0.2) is 26.7 Å². The van der Waals surface area contributed by atoms with Gasteiger partial charge in [0.15, 0.2) is 0 Å². The van der Waals surface area contributed by atoms with Crippen molar-refractivity contribution in [1.29, 1.82) is 0 Å². The second-order valence-electron chi connectivity index (χ2n) is 6.71. The number of aliphatic hydroxyl groups excluding tert-OH is 1. The van der Waals surface area contributed by atoms with Crippen LogP contribution in [0.1, 0.15) is 17.2 Å². The number of carbonyl (C=O) groups is 2. The fourth-order valence-corrected chi connectivity index (χ4v) is 3.55. The van der Waals surface area contributed by atoms with E-state index in [-0.39, 0.29) is 22.8 Å². The van der Waals surface area contributed by atoms with Gasteiger partial charge in [0.25, 0.3) is 11.5 Å². The van der Waals surface area contributed by atoms with Crippen LogP contribution >= 0.6 is 11.6 Å². The fraction of sp³-hybridized carbons (Fsp3) is 0.0455. The van der Waals surface area contributed by atoms with Crippen LogP contribution in [0.3, 0.4) is 0 Å². The monoisotopic (exact) mass is 435 g/mol. The number of amides is 1. The maximum Gasteiger partial charge on any atom is 0.301 e. The molecule has 2 aromatic carbocycles. The fourth-order valence-electron chi connectivity index (χ4n) is 3.42. The molecule has 0 saturated carbocycles. The molecule has 1 N–H and O–H groups in total. The summed E-state index contributed by atoms with van der Waals surface area (Å²) in [4.78, 5) is 41.7. The summed E-state index contributed by atoms with van der Waals surface area (Å²) < 4.78 is 0. The summed E-state index contributed by atoms with van der Waals surface area (Å²) in [6.45, 7) is 0. The summed E-state index contributed by atoms with van der Waals surface area (Å²) in [7, 11) is 0. The molecule has 1 amide bonds. The lowest BCUT2D eigenvalue weighted by Crippen LogP contribution is -2.30. The van der Waals surface area contributed by atoms with E-state index in [1.807, 2.05) is 0 Å². The zero-order valence-electron chi connectivity index (χ0n) is 15.8. The van der Waals surface area contributed by atoms with Gasteiger partial charge in [-0.15, -0.1) is 0 Å². The summed E-state index contributed by atoms with van der Waals surface area (Å²) in [6, 6.07) is 15.4. The van der Waals surface area contributed by atoms with E-state index >= 15 is 0 Å². The molecule has 0 aliphatic carbocycles. The molecule has 1 atom stereocenters. The van der Waals surface area contributed by atoms with Gasteiger partial charge < -0.3 is 5.11 Å².